The number of hydrogen-bond acceptors (Lipinski definition) is 3. The Morgan fingerprint density at radius 3 is 2.13 bits per heavy atom. The molecule has 0 aromatic heterocycles. The molecule has 1 unspecified atom stereocenters. The third-order valence-electron chi connectivity index (χ3n) is 8.41. The average Bonchev–Trinajstić information content (AvgIpc) is 3.26. The minimum absolute atomic E-state index is 0.0660. The number of amides is 2. The molecule has 5 heteroatoms. The zero-order valence-electron chi connectivity index (χ0n) is 18.7. The highest BCUT2D eigenvalue weighted by Crippen LogP contribution is 2.61. The van der Waals surface area contributed by atoms with Crippen LogP contribution in [0.2, 0.25) is 0 Å². The van der Waals surface area contributed by atoms with E-state index < -0.39 is 0 Å². The molecular formula is C26H37N3O2. The van der Waals surface area contributed by atoms with Crippen LogP contribution in [0.3, 0.4) is 0 Å². The molecule has 0 spiro atoms. The lowest BCUT2D eigenvalue weighted by Gasteiger charge is -2.56. The molecule has 1 saturated heterocycles. The molecule has 5 aliphatic rings. The predicted molar refractivity (Wildman–Crippen MR) is 121 cm³/mol. The molecule has 1 aliphatic heterocycles. The molecule has 4 aliphatic carbocycles. The number of carbonyl (C=O) groups is 2. The first kappa shape index (κ1) is 21.0. The Hall–Kier alpha value is -1.88. The Balaban J connectivity index is 1.10. The van der Waals surface area contributed by atoms with Gasteiger partial charge in [0, 0.05) is 13.0 Å². The second-order valence-electron chi connectivity index (χ2n) is 10.8. The fraction of sp³-hybridized carbons (Fsp3) is 0.692. The van der Waals surface area contributed by atoms with E-state index in [1.54, 1.807) is 0 Å². The van der Waals surface area contributed by atoms with Gasteiger partial charge in [0.1, 0.15) is 0 Å². The van der Waals surface area contributed by atoms with Crippen molar-refractivity contribution in [2.24, 2.45) is 23.2 Å². The zero-order valence-corrected chi connectivity index (χ0v) is 18.7. The van der Waals surface area contributed by atoms with Crippen molar-refractivity contribution in [1.29, 1.82) is 0 Å². The number of rotatable bonds is 8. The van der Waals surface area contributed by atoms with Crippen LogP contribution in [0.1, 0.15) is 69.4 Å². The summed E-state index contributed by atoms with van der Waals surface area (Å²) in [6.45, 7) is 2.84. The summed E-state index contributed by atoms with van der Waals surface area (Å²) < 4.78 is 0. The summed E-state index contributed by atoms with van der Waals surface area (Å²) in [5.74, 6) is 2.53. The van der Waals surface area contributed by atoms with E-state index in [1.807, 2.05) is 6.07 Å². The Morgan fingerprint density at radius 2 is 1.52 bits per heavy atom. The van der Waals surface area contributed by atoms with E-state index in [-0.39, 0.29) is 29.8 Å². The molecule has 168 valence electrons. The predicted octanol–water partition coefficient (Wildman–Crippen LogP) is 3.66. The van der Waals surface area contributed by atoms with Crippen LogP contribution in [0.4, 0.5) is 0 Å². The highest BCUT2D eigenvalue weighted by molar-refractivity contribution is 5.85. The van der Waals surface area contributed by atoms with E-state index in [4.69, 9.17) is 0 Å². The summed E-state index contributed by atoms with van der Waals surface area (Å²) in [6.07, 6.45) is 10.9. The standard InChI is InChI=1S/C26H37N3O2/c30-24(16-26-13-19-10-20(14-26)12-21(11-19)15-26)28-18-25(31)27-17-23(29-8-4-5-9-29)22-6-2-1-3-7-22/h1-3,6-7,19-21,23H,4-5,8-18H2,(H,27,31)(H,28,30). The van der Waals surface area contributed by atoms with Gasteiger partial charge in [0.25, 0.3) is 0 Å². The molecule has 4 saturated carbocycles. The largest absolute Gasteiger partial charge is 0.353 e. The topological polar surface area (TPSA) is 61.4 Å². The van der Waals surface area contributed by atoms with Crippen LogP contribution < -0.4 is 10.6 Å². The Morgan fingerprint density at radius 1 is 0.903 bits per heavy atom. The lowest BCUT2D eigenvalue weighted by molar-refractivity contribution is -0.132. The van der Waals surface area contributed by atoms with Crippen LogP contribution in [-0.4, -0.2) is 42.9 Å². The first-order chi connectivity index (χ1) is 15.1. The summed E-state index contributed by atoms with van der Waals surface area (Å²) in [7, 11) is 0. The van der Waals surface area contributed by atoms with Crippen molar-refractivity contribution in [1.82, 2.24) is 15.5 Å². The molecule has 1 heterocycles. The highest BCUT2D eigenvalue weighted by Gasteiger charge is 2.51. The molecule has 2 amide bonds. The lowest BCUT2D eigenvalue weighted by atomic mass is 9.49. The van der Waals surface area contributed by atoms with Crippen molar-refractivity contribution >= 4 is 11.8 Å². The van der Waals surface area contributed by atoms with Crippen molar-refractivity contribution in [2.75, 3.05) is 26.2 Å². The van der Waals surface area contributed by atoms with Crippen molar-refractivity contribution in [3.8, 4) is 0 Å². The molecule has 1 aromatic rings. The highest BCUT2D eigenvalue weighted by atomic mass is 16.2. The van der Waals surface area contributed by atoms with Gasteiger partial charge in [-0.25, -0.2) is 0 Å². The second-order valence-corrected chi connectivity index (χ2v) is 10.8. The van der Waals surface area contributed by atoms with Gasteiger partial charge in [-0.3, -0.25) is 14.5 Å². The molecule has 2 N–H and O–H groups in total. The van der Waals surface area contributed by atoms with E-state index in [0.717, 1.165) is 30.8 Å². The Labute approximate surface area is 186 Å². The van der Waals surface area contributed by atoms with Crippen LogP contribution in [0, 0.1) is 23.2 Å². The van der Waals surface area contributed by atoms with Crippen molar-refractivity contribution in [3.05, 3.63) is 35.9 Å². The van der Waals surface area contributed by atoms with Crippen LogP contribution in [-0.2, 0) is 9.59 Å². The SMILES string of the molecule is O=C(CNC(=O)CC12CC3CC(CC(C3)C1)C2)NCC(c1ccccc1)N1CCCC1. The third kappa shape index (κ3) is 4.82. The Kier molecular flexibility index (Phi) is 6.05. The minimum Gasteiger partial charge on any atom is -0.353 e. The van der Waals surface area contributed by atoms with Gasteiger partial charge < -0.3 is 10.6 Å². The summed E-state index contributed by atoms with van der Waals surface area (Å²) in [5, 5.41) is 6.00. The summed E-state index contributed by atoms with van der Waals surface area (Å²) in [4.78, 5) is 27.7. The normalized spacial score (nSPS) is 32.7. The molecule has 5 fully saturated rings. The van der Waals surface area contributed by atoms with Crippen LogP contribution >= 0.6 is 0 Å². The molecule has 6 rings (SSSR count). The van der Waals surface area contributed by atoms with Gasteiger partial charge in [-0.2, -0.15) is 0 Å². The fourth-order valence-corrected chi connectivity index (χ4v) is 7.55. The molecule has 0 radical (unpaired) electrons. The quantitative estimate of drug-likeness (QED) is 0.671. The number of carbonyl (C=O) groups excluding carboxylic acids is 2. The number of likely N-dealkylation sites (tertiary alicyclic amines) is 1. The number of nitrogens with zero attached hydrogens (tertiary/aromatic N) is 1. The summed E-state index contributed by atoms with van der Waals surface area (Å²) in [5.41, 5.74) is 1.47. The van der Waals surface area contributed by atoms with E-state index in [0.29, 0.717) is 13.0 Å². The van der Waals surface area contributed by atoms with Gasteiger partial charge in [0.15, 0.2) is 0 Å². The molecule has 31 heavy (non-hydrogen) atoms. The Bertz CT molecular complexity index is 752. The summed E-state index contributed by atoms with van der Waals surface area (Å²) >= 11 is 0. The van der Waals surface area contributed by atoms with Gasteiger partial charge in [-0.15, -0.1) is 0 Å². The van der Waals surface area contributed by atoms with E-state index >= 15 is 0 Å². The summed E-state index contributed by atoms with van der Waals surface area (Å²) in [6, 6.07) is 10.6. The van der Waals surface area contributed by atoms with Gasteiger partial charge in [0.05, 0.1) is 12.6 Å². The third-order valence-corrected chi connectivity index (χ3v) is 8.41. The molecule has 1 aromatic carbocycles. The second kappa shape index (κ2) is 8.93. The zero-order chi connectivity index (χ0) is 21.3. The first-order valence-corrected chi connectivity index (χ1v) is 12.4. The van der Waals surface area contributed by atoms with E-state index in [2.05, 4.69) is 39.8 Å². The number of hydrogen-bond donors (Lipinski definition) is 2. The lowest BCUT2D eigenvalue weighted by Crippen LogP contribution is -2.48. The maximum Gasteiger partial charge on any atom is 0.239 e. The fourth-order valence-electron chi connectivity index (χ4n) is 7.55. The van der Waals surface area contributed by atoms with Crippen LogP contribution in [0.15, 0.2) is 30.3 Å². The van der Waals surface area contributed by atoms with E-state index in [9.17, 15) is 9.59 Å². The van der Waals surface area contributed by atoms with Crippen molar-refractivity contribution in [3.63, 3.8) is 0 Å². The van der Waals surface area contributed by atoms with Gasteiger partial charge in [-0.1, -0.05) is 30.3 Å². The molecule has 5 nitrogen and oxygen atoms in total. The van der Waals surface area contributed by atoms with Gasteiger partial charge >= 0.3 is 0 Å². The van der Waals surface area contributed by atoms with Crippen molar-refractivity contribution in [2.45, 2.75) is 63.8 Å². The van der Waals surface area contributed by atoms with Crippen LogP contribution in [0.5, 0.6) is 0 Å². The number of nitrogens with one attached hydrogen (secondary N) is 2. The van der Waals surface area contributed by atoms with Crippen molar-refractivity contribution < 1.29 is 9.59 Å². The maximum atomic E-state index is 12.7. The monoisotopic (exact) mass is 423 g/mol. The molecule has 4 bridgehead atoms. The molecular weight excluding hydrogens is 386 g/mol. The van der Waals surface area contributed by atoms with E-state index in [1.165, 1.54) is 56.9 Å². The minimum atomic E-state index is -0.0843. The smallest absolute Gasteiger partial charge is 0.239 e. The maximum absolute atomic E-state index is 12.7. The van der Waals surface area contributed by atoms with Crippen LogP contribution in [0.25, 0.3) is 0 Å². The first-order valence-electron chi connectivity index (χ1n) is 12.4. The van der Waals surface area contributed by atoms with Gasteiger partial charge in [-0.05, 0) is 93.2 Å². The number of benzene rings is 1. The molecule has 1 atom stereocenters. The average molecular weight is 424 g/mol. The van der Waals surface area contributed by atoms with Gasteiger partial charge in [0.2, 0.25) is 11.8 Å².